The van der Waals surface area contributed by atoms with E-state index in [9.17, 15) is 10.2 Å². The van der Waals surface area contributed by atoms with Crippen LogP contribution < -0.4 is 10.2 Å². The van der Waals surface area contributed by atoms with Crippen LogP contribution in [0.25, 0.3) is 0 Å². The van der Waals surface area contributed by atoms with Crippen LogP contribution in [0.4, 0.5) is 11.4 Å². The SMILES string of the molecule is CCCCCCCCCC=CC(C=Nc1ccc(CCCCC)c(CCCCC)c1)=Nc1ccc(CCCCC)c(CCCCC)c1.CCCCCc1cc([O-])c([O-])cc1CCCCC.[Ni+2]. The second-order valence-electron chi connectivity index (χ2n) is 18.8. The molecule has 0 fully saturated rings. The molecule has 0 unspecified atom stereocenters. The van der Waals surface area contributed by atoms with E-state index >= 15 is 0 Å². The summed E-state index contributed by atoms with van der Waals surface area (Å²) in [6, 6.07) is 17.0. The molecule has 3 aromatic carbocycles. The Morgan fingerprint density at radius 3 is 1.15 bits per heavy atom. The predicted octanol–water partition coefficient (Wildman–Crippen LogP) is 18.1. The molecule has 0 aromatic heterocycles. The summed E-state index contributed by atoms with van der Waals surface area (Å²) in [6.45, 7) is 15.8. The van der Waals surface area contributed by atoms with Crippen LogP contribution >= 0.6 is 0 Å². The molecular formula is C61H96N2NiO2. The maximum Gasteiger partial charge on any atom is 2.00 e. The molecule has 0 saturated carbocycles. The summed E-state index contributed by atoms with van der Waals surface area (Å²) in [5.74, 6) is -0.693. The van der Waals surface area contributed by atoms with Gasteiger partial charge in [-0.05, 0) is 154 Å². The van der Waals surface area contributed by atoms with E-state index in [4.69, 9.17) is 9.98 Å². The zero-order chi connectivity index (χ0) is 47.2. The van der Waals surface area contributed by atoms with Gasteiger partial charge in [-0.25, -0.2) is 4.99 Å². The van der Waals surface area contributed by atoms with E-state index < -0.39 is 0 Å². The monoisotopic (exact) mass is 947 g/mol. The number of rotatable bonds is 36. The summed E-state index contributed by atoms with van der Waals surface area (Å²) in [7, 11) is 0. The van der Waals surface area contributed by atoms with Gasteiger partial charge in [0.25, 0.3) is 0 Å². The van der Waals surface area contributed by atoms with Crippen LogP contribution in [-0.2, 0) is 55.0 Å². The molecule has 0 saturated heterocycles. The molecule has 0 bridgehead atoms. The summed E-state index contributed by atoms with van der Waals surface area (Å²) in [5.41, 5.74) is 11.3. The number of hydrogen-bond acceptors (Lipinski definition) is 4. The summed E-state index contributed by atoms with van der Waals surface area (Å²) in [6.07, 6.45) is 45.8. The molecule has 5 heteroatoms. The molecule has 0 heterocycles. The minimum Gasteiger partial charge on any atom is -0.873 e. The first-order valence-corrected chi connectivity index (χ1v) is 27.4. The first-order valence-electron chi connectivity index (χ1n) is 27.4. The summed E-state index contributed by atoms with van der Waals surface area (Å²) < 4.78 is 0. The number of benzene rings is 3. The molecule has 372 valence electrons. The standard InChI is InChI=1S/C45H72N2.C16H26O2.Ni/c1-6-11-16-17-18-19-20-21-26-31-45(47-44-35-33-40(28-23-13-8-3)42(37-44)30-25-15-10-5)38-46-43-34-32-39(27-22-12-7-2)41(36-43)29-24-14-9-4;1-3-5-7-9-13-11-15(17)16(18)12-14(13)10-8-6-4-2;/h26,31-38H,6-25,27-30H2,1-5H3;11-12,17-18H,3-10H2,1-2H3;/q;;+2/p-2. The first kappa shape index (κ1) is 60.8. The van der Waals surface area contributed by atoms with Crippen molar-refractivity contribution in [2.75, 3.05) is 0 Å². The van der Waals surface area contributed by atoms with E-state index in [2.05, 4.69) is 97.0 Å². The van der Waals surface area contributed by atoms with E-state index in [1.54, 1.807) is 12.1 Å². The number of nitrogens with zero attached hydrogens (tertiary/aromatic N) is 2. The van der Waals surface area contributed by atoms with Gasteiger partial charge < -0.3 is 10.2 Å². The maximum absolute atomic E-state index is 11.4. The van der Waals surface area contributed by atoms with Crippen LogP contribution in [0.2, 0.25) is 0 Å². The minimum absolute atomic E-state index is 0. The Hall–Kier alpha value is -3.17. The van der Waals surface area contributed by atoms with Crippen LogP contribution in [0.1, 0.15) is 249 Å². The van der Waals surface area contributed by atoms with Crippen molar-refractivity contribution in [1.82, 2.24) is 0 Å². The topological polar surface area (TPSA) is 70.8 Å². The minimum atomic E-state index is -0.347. The zero-order valence-electron chi connectivity index (χ0n) is 43.5. The molecule has 4 nitrogen and oxygen atoms in total. The van der Waals surface area contributed by atoms with Crippen molar-refractivity contribution in [1.29, 1.82) is 0 Å². The van der Waals surface area contributed by atoms with E-state index in [1.165, 1.54) is 183 Å². The zero-order valence-corrected chi connectivity index (χ0v) is 44.5. The van der Waals surface area contributed by atoms with Gasteiger partial charge in [0.1, 0.15) is 0 Å². The molecule has 0 spiro atoms. The van der Waals surface area contributed by atoms with Gasteiger partial charge in [-0.3, -0.25) is 4.99 Å². The van der Waals surface area contributed by atoms with Crippen molar-refractivity contribution in [3.8, 4) is 11.5 Å². The van der Waals surface area contributed by atoms with Gasteiger partial charge in [0, 0.05) is 0 Å². The fraction of sp³-hybridized carbons (Fsp3) is 0.639. The van der Waals surface area contributed by atoms with Crippen LogP contribution in [0.15, 0.2) is 70.7 Å². The van der Waals surface area contributed by atoms with E-state index in [0.717, 1.165) is 73.2 Å². The average molecular weight is 948 g/mol. The number of aryl methyl sites for hydroxylation is 6. The van der Waals surface area contributed by atoms with E-state index in [1.807, 2.05) is 6.21 Å². The third-order valence-electron chi connectivity index (χ3n) is 12.8. The number of hydrogen-bond donors (Lipinski definition) is 0. The molecule has 0 N–H and O–H groups in total. The van der Waals surface area contributed by atoms with Gasteiger partial charge in [-0.15, -0.1) is 11.5 Å². The predicted molar refractivity (Wildman–Crippen MR) is 285 cm³/mol. The second kappa shape index (κ2) is 40.9. The molecule has 0 atom stereocenters. The van der Waals surface area contributed by atoms with Crippen LogP contribution in [0.5, 0.6) is 11.5 Å². The van der Waals surface area contributed by atoms with Gasteiger partial charge >= 0.3 is 16.5 Å². The second-order valence-corrected chi connectivity index (χ2v) is 18.8. The van der Waals surface area contributed by atoms with Crippen LogP contribution in [-0.4, -0.2) is 11.9 Å². The number of aliphatic imine (C=N–C) groups is 2. The smallest absolute Gasteiger partial charge is 0.873 e. The van der Waals surface area contributed by atoms with Gasteiger partial charge in [0.15, 0.2) is 0 Å². The molecule has 0 aliphatic carbocycles. The van der Waals surface area contributed by atoms with E-state index in [0.29, 0.717) is 0 Å². The molecule has 3 rings (SSSR count). The third kappa shape index (κ3) is 27.6. The van der Waals surface area contributed by atoms with Crippen molar-refractivity contribution in [3.05, 3.63) is 94.1 Å². The normalized spacial score (nSPS) is 11.7. The Labute approximate surface area is 417 Å². The molecule has 0 amide bonds. The third-order valence-corrected chi connectivity index (χ3v) is 12.8. The van der Waals surface area contributed by atoms with E-state index in [-0.39, 0.29) is 28.0 Å². The molecule has 66 heavy (non-hydrogen) atoms. The molecule has 3 aromatic rings. The van der Waals surface area contributed by atoms with Crippen LogP contribution in [0, 0.1) is 0 Å². The van der Waals surface area contributed by atoms with Crippen molar-refractivity contribution in [2.24, 2.45) is 9.98 Å². The molecule has 0 aliphatic heterocycles. The van der Waals surface area contributed by atoms with Crippen molar-refractivity contribution < 1.29 is 26.7 Å². The molecule has 0 radical (unpaired) electrons. The quantitative estimate of drug-likeness (QED) is 0.0331. The van der Waals surface area contributed by atoms with Crippen molar-refractivity contribution in [2.45, 2.75) is 254 Å². The maximum atomic E-state index is 11.4. The Bertz CT molecular complexity index is 1710. The van der Waals surface area contributed by atoms with Crippen LogP contribution in [0.3, 0.4) is 0 Å². The Balaban J connectivity index is 0.000000957. The number of unbranched alkanes of at least 4 members (excludes halogenated alkanes) is 19. The van der Waals surface area contributed by atoms with Gasteiger partial charge in [-0.2, -0.15) is 0 Å². The average Bonchev–Trinajstić information content (AvgIpc) is 3.30. The number of allylic oxidation sites excluding steroid dienone is 2. The Morgan fingerprint density at radius 2 is 0.727 bits per heavy atom. The van der Waals surface area contributed by atoms with Gasteiger partial charge in [0.05, 0.1) is 23.3 Å². The fourth-order valence-corrected chi connectivity index (χ4v) is 8.65. The summed E-state index contributed by atoms with van der Waals surface area (Å²) in [5, 5.41) is 22.9. The summed E-state index contributed by atoms with van der Waals surface area (Å²) >= 11 is 0. The van der Waals surface area contributed by atoms with Crippen molar-refractivity contribution in [3.63, 3.8) is 0 Å². The molecule has 0 aliphatic rings. The van der Waals surface area contributed by atoms with Gasteiger partial charge in [0.2, 0.25) is 0 Å². The Kier molecular flexibility index (Phi) is 37.7. The first-order chi connectivity index (χ1) is 31.8. The Morgan fingerprint density at radius 1 is 0.394 bits per heavy atom. The fourth-order valence-electron chi connectivity index (χ4n) is 8.65. The molecular weight excluding hydrogens is 851 g/mol. The summed E-state index contributed by atoms with van der Waals surface area (Å²) in [4.78, 5) is 10.2. The largest absolute Gasteiger partial charge is 2.00 e. The van der Waals surface area contributed by atoms with Crippen molar-refractivity contribution >= 4 is 23.3 Å². The van der Waals surface area contributed by atoms with Gasteiger partial charge in [-0.1, -0.05) is 194 Å².